The van der Waals surface area contributed by atoms with Crippen LogP contribution in [0.5, 0.6) is 0 Å². The van der Waals surface area contributed by atoms with E-state index in [1.165, 1.54) is 50.0 Å². The fourth-order valence-electron chi connectivity index (χ4n) is 2.46. The second-order valence-corrected chi connectivity index (χ2v) is 6.53. The molecule has 1 rings (SSSR count). The summed E-state index contributed by atoms with van der Waals surface area (Å²) in [5.74, 6) is 9.74. The van der Waals surface area contributed by atoms with Crippen molar-refractivity contribution in [3.05, 3.63) is 0 Å². The van der Waals surface area contributed by atoms with Crippen LogP contribution < -0.4 is 11.3 Å². The molecule has 1 atom stereocenters. The molecule has 96 valence electrons. The van der Waals surface area contributed by atoms with Crippen LogP contribution in [0.25, 0.3) is 0 Å². The Bertz CT molecular complexity index is 165. The van der Waals surface area contributed by atoms with Gasteiger partial charge < -0.3 is 0 Å². The standard InChI is InChI=1S/C13H28N2S/c1-11(2)9-16-10-13(15-14)12-7-5-3-4-6-8-12/h11-13,15H,3-10,14H2,1-2H3. The van der Waals surface area contributed by atoms with E-state index in [4.69, 9.17) is 5.84 Å². The van der Waals surface area contributed by atoms with Gasteiger partial charge in [0.1, 0.15) is 0 Å². The van der Waals surface area contributed by atoms with Gasteiger partial charge in [-0.15, -0.1) is 0 Å². The molecule has 2 nitrogen and oxygen atoms in total. The van der Waals surface area contributed by atoms with Crippen LogP contribution in [0, 0.1) is 11.8 Å². The first kappa shape index (κ1) is 14.3. The zero-order valence-electron chi connectivity index (χ0n) is 10.9. The van der Waals surface area contributed by atoms with E-state index >= 15 is 0 Å². The lowest BCUT2D eigenvalue weighted by Gasteiger charge is -2.25. The molecule has 0 aromatic heterocycles. The minimum absolute atomic E-state index is 0.529. The largest absolute Gasteiger partial charge is 0.271 e. The van der Waals surface area contributed by atoms with Gasteiger partial charge in [0.05, 0.1) is 0 Å². The molecular formula is C13H28N2S. The number of thioether (sulfide) groups is 1. The lowest BCUT2D eigenvalue weighted by atomic mass is 9.93. The normalized spacial score (nSPS) is 21.0. The summed E-state index contributed by atoms with van der Waals surface area (Å²) < 4.78 is 0. The molecule has 0 heterocycles. The molecule has 1 unspecified atom stereocenters. The average Bonchev–Trinajstić information content (AvgIpc) is 2.52. The zero-order chi connectivity index (χ0) is 11.8. The van der Waals surface area contributed by atoms with Crippen LogP contribution in [0.4, 0.5) is 0 Å². The number of hydrogen-bond donors (Lipinski definition) is 2. The Balaban J connectivity index is 2.27. The summed E-state index contributed by atoms with van der Waals surface area (Å²) in [4.78, 5) is 0. The van der Waals surface area contributed by atoms with E-state index in [0.717, 1.165) is 11.8 Å². The highest BCUT2D eigenvalue weighted by Crippen LogP contribution is 2.27. The lowest BCUT2D eigenvalue weighted by Crippen LogP contribution is -2.42. The third-order valence-corrected chi connectivity index (χ3v) is 4.93. The first-order valence-electron chi connectivity index (χ1n) is 6.78. The molecule has 0 amide bonds. The lowest BCUT2D eigenvalue weighted by molar-refractivity contribution is 0.346. The fraction of sp³-hybridized carbons (Fsp3) is 1.00. The van der Waals surface area contributed by atoms with Gasteiger partial charge in [-0.25, -0.2) is 0 Å². The van der Waals surface area contributed by atoms with E-state index in [-0.39, 0.29) is 0 Å². The van der Waals surface area contributed by atoms with E-state index in [9.17, 15) is 0 Å². The van der Waals surface area contributed by atoms with Gasteiger partial charge in [0.2, 0.25) is 0 Å². The minimum Gasteiger partial charge on any atom is -0.271 e. The van der Waals surface area contributed by atoms with Crippen molar-refractivity contribution in [2.24, 2.45) is 17.7 Å². The zero-order valence-corrected chi connectivity index (χ0v) is 11.7. The van der Waals surface area contributed by atoms with Crippen LogP contribution in [0.15, 0.2) is 0 Å². The molecule has 1 saturated carbocycles. The Hall–Kier alpha value is 0.270. The molecule has 0 aromatic rings. The van der Waals surface area contributed by atoms with E-state index in [1.807, 2.05) is 0 Å². The number of hydrogen-bond acceptors (Lipinski definition) is 3. The number of hydrazine groups is 1. The molecule has 0 spiro atoms. The summed E-state index contributed by atoms with van der Waals surface area (Å²) in [6.07, 6.45) is 8.39. The molecule has 0 bridgehead atoms. The van der Waals surface area contributed by atoms with E-state index in [2.05, 4.69) is 31.0 Å². The fourth-order valence-corrected chi connectivity index (χ4v) is 3.69. The quantitative estimate of drug-likeness (QED) is 0.428. The van der Waals surface area contributed by atoms with Crippen LogP contribution in [-0.4, -0.2) is 17.5 Å². The van der Waals surface area contributed by atoms with Crippen molar-refractivity contribution in [3.8, 4) is 0 Å². The maximum absolute atomic E-state index is 5.71. The van der Waals surface area contributed by atoms with E-state index in [1.54, 1.807) is 0 Å². The Morgan fingerprint density at radius 1 is 1.12 bits per heavy atom. The van der Waals surface area contributed by atoms with Crippen molar-refractivity contribution in [1.29, 1.82) is 0 Å². The molecule has 0 aliphatic heterocycles. The van der Waals surface area contributed by atoms with Gasteiger partial charge in [-0.1, -0.05) is 39.5 Å². The second-order valence-electron chi connectivity index (χ2n) is 5.46. The molecule has 0 radical (unpaired) electrons. The molecule has 0 saturated heterocycles. The van der Waals surface area contributed by atoms with Crippen molar-refractivity contribution >= 4 is 11.8 Å². The summed E-state index contributed by atoms with van der Waals surface area (Å²) in [6.45, 7) is 4.56. The van der Waals surface area contributed by atoms with E-state index in [0.29, 0.717) is 6.04 Å². The highest BCUT2D eigenvalue weighted by Gasteiger charge is 2.21. The minimum atomic E-state index is 0.529. The molecular weight excluding hydrogens is 216 g/mol. The Morgan fingerprint density at radius 3 is 2.25 bits per heavy atom. The Kier molecular flexibility index (Phi) is 7.50. The van der Waals surface area contributed by atoms with Crippen molar-refractivity contribution < 1.29 is 0 Å². The van der Waals surface area contributed by atoms with Gasteiger partial charge in [-0.3, -0.25) is 11.3 Å². The Labute approximate surface area is 105 Å². The predicted octanol–water partition coefficient (Wildman–Crippen LogP) is 3.18. The molecule has 16 heavy (non-hydrogen) atoms. The maximum atomic E-state index is 5.71. The maximum Gasteiger partial charge on any atom is 0.0329 e. The topological polar surface area (TPSA) is 38.0 Å². The Morgan fingerprint density at radius 2 is 1.75 bits per heavy atom. The van der Waals surface area contributed by atoms with Crippen molar-refractivity contribution in [3.63, 3.8) is 0 Å². The summed E-state index contributed by atoms with van der Waals surface area (Å²) in [5, 5.41) is 0. The molecule has 0 aromatic carbocycles. The third-order valence-electron chi connectivity index (χ3n) is 3.43. The van der Waals surface area contributed by atoms with Crippen LogP contribution in [-0.2, 0) is 0 Å². The highest BCUT2D eigenvalue weighted by molar-refractivity contribution is 7.99. The number of nitrogens with one attached hydrogen (secondary N) is 1. The van der Waals surface area contributed by atoms with Crippen LogP contribution in [0.2, 0.25) is 0 Å². The van der Waals surface area contributed by atoms with Gasteiger partial charge in [-0.2, -0.15) is 11.8 Å². The summed E-state index contributed by atoms with van der Waals surface area (Å²) >= 11 is 2.05. The first-order valence-corrected chi connectivity index (χ1v) is 7.93. The van der Waals surface area contributed by atoms with Gasteiger partial charge in [0.25, 0.3) is 0 Å². The van der Waals surface area contributed by atoms with Gasteiger partial charge in [0.15, 0.2) is 0 Å². The third kappa shape index (κ3) is 5.55. The summed E-state index contributed by atoms with van der Waals surface area (Å²) in [5.41, 5.74) is 3.05. The van der Waals surface area contributed by atoms with Crippen LogP contribution in [0.1, 0.15) is 52.4 Å². The van der Waals surface area contributed by atoms with Gasteiger partial charge in [-0.05, 0) is 30.4 Å². The van der Waals surface area contributed by atoms with Crippen molar-refractivity contribution in [2.45, 2.75) is 58.4 Å². The SMILES string of the molecule is CC(C)CSCC(NN)C1CCCCCC1. The van der Waals surface area contributed by atoms with Crippen molar-refractivity contribution in [1.82, 2.24) is 5.43 Å². The smallest absolute Gasteiger partial charge is 0.0329 e. The molecule has 1 fully saturated rings. The van der Waals surface area contributed by atoms with Crippen LogP contribution >= 0.6 is 11.8 Å². The summed E-state index contributed by atoms with van der Waals surface area (Å²) in [7, 11) is 0. The first-order chi connectivity index (χ1) is 7.74. The average molecular weight is 244 g/mol. The van der Waals surface area contributed by atoms with Crippen LogP contribution in [0.3, 0.4) is 0 Å². The predicted molar refractivity (Wildman–Crippen MR) is 74.5 cm³/mol. The van der Waals surface area contributed by atoms with Gasteiger partial charge in [0, 0.05) is 11.8 Å². The molecule has 1 aliphatic carbocycles. The molecule has 1 aliphatic rings. The number of rotatable bonds is 6. The van der Waals surface area contributed by atoms with E-state index < -0.39 is 0 Å². The van der Waals surface area contributed by atoms with Gasteiger partial charge >= 0.3 is 0 Å². The molecule has 3 heteroatoms. The number of nitrogens with two attached hydrogens (primary N) is 1. The highest BCUT2D eigenvalue weighted by atomic mass is 32.2. The second kappa shape index (κ2) is 8.37. The monoisotopic (exact) mass is 244 g/mol. The summed E-state index contributed by atoms with van der Waals surface area (Å²) in [6, 6.07) is 0.529. The van der Waals surface area contributed by atoms with Crippen molar-refractivity contribution in [2.75, 3.05) is 11.5 Å². The molecule has 3 N–H and O–H groups in total.